The Kier molecular flexibility index (Phi) is 5.07. The van der Waals surface area contributed by atoms with E-state index in [2.05, 4.69) is 52.8 Å². The minimum atomic E-state index is 0.0615. The number of fused-ring (bicyclic) bond motifs is 3. The van der Waals surface area contributed by atoms with E-state index in [1.165, 1.54) is 42.4 Å². The lowest BCUT2D eigenvalue weighted by atomic mass is 9.89. The zero-order valence-corrected chi connectivity index (χ0v) is 18.5. The molecule has 2 aromatic heterocycles. The van der Waals surface area contributed by atoms with Crippen LogP contribution in [0.25, 0.3) is 16.6 Å². The number of aromatic amines is 1. The van der Waals surface area contributed by atoms with Gasteiger partial charge in [-0.15, -0.1) is 0 Å². The highest BCUT2D eigenvalue weighted by atomic mass is 16.1. The summed E-state index contributed by atoms with van der Waals surface area (Å²) in [6, 6.07) is 9.49. The lowest BCUT2D eigenvalue weighted by Crippen LogP contribution is -2.25. The third kappa shape index (κ3) is 3.55. The molecule has 5 nitrogen and oxygen atoms in total. The van der Waals surface area contributed by atoms with Crippen LogP contribution in [0.15, 0.2) is 47.3 Å². The van der Waals surface area contributed by atoms with E-state index < -0.39 is 0 Å². The number of H-pyrrole nitrogens is 1. The topological polar surface area (TPSA) is 62.7 Å². The molecular weight excluding hydrogens is 396 g/mol. The summed E-state index contributed by atoms with van der Waals surface area (Å²) in [5, 5.41) is 9.81. The number of hydrogen-bond acceptors (Lipinski definition) is 3. The standard InChI is InChI=1S/C27H30N4O/c32-27-23-11-4-3-10-22(23)24-25(20-6-5-7-20)30-31(26(24)29-27)17-19-14-12-18(13-15-19)16-28-21-8-1-2-9-21/h5-7,12-15,21,28H,1-4,8-11,16-17H2,(H,29,32). The summed E-state index contributed by atoms with van der Waals surface area (Å²) in [4.78, 5) is 16.0. The molecule has 0 unspecified atom stereocenters. The maximum Gasteiger partial charge on any atom is 0.253 e. The van der Waals surface area contributed by atoms with Crippen LogP contribution in [0, 0.1) is 0 Å². The van der Waals surface area contributed by atoms with Crippen LogP contribution in [0.3, 0.4) is 0 Å². The molecule has 2 N–H and O–H groups in total. The Bertz CT molecular complexity index is 1270. The number of aromatic nitrogens is 3. The molecule has 32 heavy (non-hydrogen) atoms. The Hall–Kier alpha value is -2.92. The number of nitrogens with zero attached hydrogens (tertiary/aromatic N) is 2. The first-order chi connectivity index (χ1) is 15.8. The number of aryl methyl sites for hydroxylation is 1. The smallest absolute Gasteiger partial charge is 0.253 e. The van der Waals surface area contributed by atoms with Crippen molar-refractivity contribution in [2.45, 2.75) is 70.5 Å². The van der Waals surface area contributed by atoms with Gasteiger partial charge in [-0.25, -0.2) is 4.68 Å². The highest BCUT2D eigenvalue weighted by Gasteiger charge is 2.24. The van der Waals surface area contributed by atoms with Crippen molar-refractivity contribution in [1.29, 1.82) is 0 Å². The van der Waals surface area contributed by atoms with E-state index in [1.54, 1.807) is 0 Å². The van der Waals surface area contributed by atoms with E-state index in [0.717, 1.165) is 60.1 Å². The molecule has 1 fully saturated rings. The van der Waals surface area contributed by atoms with Gasteiger partial charge in [0.05, 0.1) is 6.54 Å². The van der Waals surface area contributed by atoms with Gasteiger partial charge in [0.2, 0.25) is 0 Å². The summed E-state index contributed by atoms with van der Waals surface area (Å²) in [7, 11) is 0. The second-order valence-corrected chi connectivity index (χ2v) is 9.51. The highest BCUT2D eigenvalue weighted by molar-refractivity contribution is 5.96. The predicted octanol–water partition coefficient (Wildman–Crippen LogP) is 4.64. The van der Waals surface area contributed by atoms with Gasteiger partial charge < -0.3 is 10.3 Å². The first-order valence-corrected chi connectivity index (χ1v) is 12.1. The number of allylic oxidation sites excluding steroid dienone is 4. The van der Waals surface area contributed by atoms with Gasteiger partial charge in [-0.3, -0.25) is 4.79 Å². The molecule has 1 saturated carbocycles. The first-order valence-electron chi connectivity index (χ1n) is 12.1. The average molecular weight is 427 g/mol. The number of hydrogen-bond donors (Lipinski definition) is 2. The largest absolute Gasteiger partial charge is 0.310 e. The van der Waals surface area contributed by atoms with Crippen molar-refractivity contribution in [3.63, 3.8) is 0 Å². The predicted molar refractivity (Wildman–Crippen MR) is 129 cm³/mol. The van der Waals surface area contributed by atoms with Gasteiger partial charge in [0.15, 0.2) is 0 Å². The quantitative estimate of drug-likeness (QED) is 0.604. The molecule has 0 saturated heterocycles. The third-order valence-corrected chi connectivity index (χ3v) is 7.36. The van der Waals surface area contributed by atoms with Gasteiger partial charge in [-0.2, -0.15) is 5.10 Å². The van der Waals surface area contributed by atoms with Gasteiger partial charge in [0, 0.05) is 29.1 Å². The zero-order chi connectivity index (χ0) is 21.5. The summed E-state index contributed by atoms with van der Waals surface area (Å²) < 4.78 is 1.99. The van der Waals surface area contributed by atoms with Crippen LogP contribution in [0.5, 0.6) is 0 Å². The van der Waals surface area contributed by atoms with Crippen molar-refractivity contribution in [3.8, 4) is 0 Å². The SMILES string of the molecule is O=c1[nH]c2c(c(C3=CC=C3)nn2Cc2ccc(CNC3CCCC3)cc2)c2c1CCCC2. The van der Waals surface area contributed by atoms with Crippen molar-refractivity contribution in [2.75, 3.05) is 0 Å². The molecule has 5 heteroatoms. The van der Waals surface area contributed by atoms with Crippen LogP contribution >= 0.6 is 0 Å². The summed E-state index contributed by atoms with van der Waals surface area (Å²) >= 11 is 0. The Labute approximate surface area is 188 Å². The molecule has 1 aromatic carbocycles. The van der Waals surface area contributed by atoms with Crippen molar-refractivity contribution < 1.29 is 0 Å². The molecule has 0 amide bonds. The van der Waals surface area contributed by atoms with Gasteiger partial charge in [-0.05, 0) is 55.2 Å². The van der Waals surface area contributed by atoms with E-state index in [4.69, 9.17) is 5.10 Å². The van der Waals surface area contributed by atoms with E-state index >= 15 is 0 Å². The fourth-order valence-electron chi connectivity index (χ4n) is 5.48. The Morgan fingerprint density at radius 2 is 1.72 bits per heavy atom. The van der Waals surface area contributed by atoms with Gasteiger partial charge in [0.1, 0.15) is 11.3 Å². The highest BCUT2D eigenvalue weighted by Crippen LogP contribution is 2.33. The summed E-state index contributed by atoms with van der Waals surface area (Å²) in [5.41, 5.74) is 7.78. The fourth-order valence-corrected chi connectivity index (χ4v) is 5.48. The number of benzene rings is 1. The molecular formula is C27H30N4O. The molecule has 0 radical (unpaired) electrons. The second-order valence-electron chi connectivity index (χ2n) is 9.51. The third-order valence-electron chi connectivity index (χ3n) is 7.36. The van der Waals surface area contributed by atoms with Crippen molar-refractivity contribution >= 4 is 16.6 Å². The lowest BCUT2D eigenvalue weighted by molar-refractivity contribution is 0.524. The monoisotopic (exact) mass is 426 g/mol. The van der Waals surface area contributed by atoms with Crippen molar-refractivity contribution in [3.05, 3.63) is 80.8 Å². The molecule has 0 aliphatic heterocycles. The molecule has 3 aliphatic rings. The van der Waals surface area contributed by atoms with Crippen molar-refractivity contribution in [1.82, 2.24) is 20.1 Å². The zero-order valence-electron chi connectivity index (χ0n) is 18.5. The minimum Gasteiger partial charge on any atom is -0.310 e. The summed E-state index contributed by atoms with van der Waals surface area (Å²) in [5.74, 6) is 0. The van der Waals surface area contributed by atoms with Crippen LogP contribution in [-0.2, 0) is 25.9 Å². The molecule has 0 atom stereocenters. The average Bonchev–Trinajstić information content (AvgIpc) is 3.41. The normalized spacial score (nSPS) is 18.1. The molecule has 2 heterocycles. The van der Waals surface area contributed by atoms with Crippen molar-refractivity contribution in [2.24, 2.45) is 0 Å². The van der Waals surface area contributed by atoms with Crippen LogP contribution in [0.4, 0.5) is 0 Å². The molecule has 164 valence electrons. The van der Waals surface area contributed by atoms with Gasteiger partial charge in [-0.1, -0.05) is 55.3 Å². The fraction of sp³-hybridized carbons (Fsp3) is 0.407. The van der Waals surface area contributed by atoms with E-state index in [9.17, 15) is 4.79 Å². The number of pyridine rings is 1. The Morgan fingerprint density at radius 1 is 1.00 bits per heavy atom. The first kappa shape index (κ1) is 19.7. The van der Waals surface area contributed by atoms with Crippen LogP contribution < -0.4 is 10.9 Å². The molecule has 0 bridgehead atoms. The van der Waals surface area contributed by atoms with Gasteiger partial charge in [0.25, 0.3) is 5.56 Å². The molecule has 3 aliphatic carbocycles. The second kappa shape index (κ2) is 8.21. The van der Waals surface area contributed by atoms with E-state index in [-0.39, 0.29) is 5.56 Å². The maximum absolute atomic E-state index is 12.8. The molecule has 3 aromatic rings. The van der Waals surface area contributed by atoms with Gasteiger partial charge >= 0.3 is 0 Å². The molecule has 0 spiro atoms. The van der Waals surface area contributed by atoms with Crippen LogP contribution in [0.1, 0.15) is 66.5 Å². The van der Waals surface area contributed by atoms with Crippen LogP contribution in [0.2, 0.25) is 0 Å². The van der Waals surface area contributed by atoms with Crippen LogP contribution in [-0.4, -0.2) is 20.8 Å². The number of nitrogens with one attached hydrogen (secondary N) is 2. The molecule has 6 rings (SSSR count). The summed E-state index contributed by atoms with van der Waals surface area (Å²) in [6.45, 7) is 1.58. The maximum atomic E-state index is 12.8. The van der Waals surface area contributed by atoms with E-state index in [0.29, 0.717) is 12.6 Å². The van der Waals surface area contributed by atoms with E-state index in [1.807, 2.05) is 4.68 Å². The summed E-state index contributed by atoms with van der Waals surface area (Å²) in [6.07, 6.45) is 15.7. The Balaban J connectivity index is 1.31. The number of rotatable bonds is 6. The minimum absolute atomic E-state index is 0.0615. The lowest BCUT2D eigenvalue weighted by Gasteiger charge is -2.16. The Morgan fingerprint density at radius 3 is 2.44 bits per heavy atom.